The third-order valence-electron chi connectivity index (χ3n) is 0. The van der Waals surface area contributed by atoms with E-state index in [1.807, 2.05) is 0 Å². The van der Waals surface area contributed by atoms with Crippen LogP contribution in [0.3, 0.4) is 0 Å². The van der Waals surface area contributed by atoms with E-state index in [9.17, 15) is 0 Å². The fraction of sp³-hybridized carbons (Fsp3) is 0. The van der Waals surface area contributed by atoms with E-state index < -0.39 is 0 Å². The summed E-state index contributed by atoms with van der Waals surface area (Å²) in [6, 6.07) is 0. The number of rotatable bonds is 0. The molecule has 0 unspecified atom stereocenters. The molecule has 7 heteroatoms. The first-order valence-corrected chi connectivity index (χ1v) is 0. The van der Waals surface area contributed by atoms with Gasteiger partial charge in [-0.1, -0.05) is 0 Å². The van der Waals surface area contributed by atoms with E-state index in [1.165, 1.54) is 0 Å². The average molecular weight is 392 g/mol. The Balaban J connectivity index is 0. The number of hydrogen-bond acceptors (Lipinski definition) is 0. The van der Waals surface area contributed by atoms with E-state index in [0.717, 1.165) is 0 Å². The van der Waals surface area contributed by atoms with Gasteiger partial charge in [-0.3, -0.25) is 0 Å². The van der Waals surface area contributed by atoms with Crippen molar-refractivity contribution in [2.45, 2.75) is 0 Å². The molecule has 0 atom stereocenters. The summed E-state index contributed by atoms with van der Waals surface area (Å²) in [5.74, 6) is 0. The second-order valence-electron chi connectivity index (χ2n) is 0. The predicted octanol–water partition coefficient (Wildman–Crippen LogP) is -3.20. The average Bonchev–Trinajstić information content (AvgIpc) is 0. The summed E-state index contributed by atoms with van der Waals surface area (Å²) in [6.45, 7) is 0. The van der Waals surface area contributed by atoms with Gasteiger partial charge in [-0.15, -0.1) is 0 Å². The summed E-state index contributed by atoms with van der Waals surface area (Å²) in [4.78, 5) is 0. The van der Waals surface area contributed by atoms with Gasteiger partial charge in [-0.25, -0.2) is 0 Å². The first-order chi connectivity index (χ1) is 0. The van der Waals surface area contributed by atoms with E-state index in [-0.39, 0.29) is 129 Å². The minimum atomic E-state index is 0. The molecule has 0 N–H and O–H groups in total. The molecule has 7 heavy (non-hydrogen) atoms. The maximum absolute atomic E-state index is 0. The summed E-state index contributed by atoms with van der Waals surface area (Å²) < 4.78 is 0. The Morgan fingerprint density at radius 3 is 0.429 bits per heavy atom. The molecule has 0 saturated carbocycles. The van der Waals surface area contributed by atoms with Crippen LogP contribution >= 0.6 is 0 Å². The van der Waals surface area contributed by atoms with Gasteiger partial charge in [0.05, 0.1) is 0 Å². The van der Waals surface area contributed by atoms with E-state index >= 15 is 0 Å². The van der Waals surface area contributed by atoms with Crippen molar-refractivity contribution in [3.05, 3.63) is 0 Å². The summed E-state index contributed by atoms with van der Waals surface area (Å²) >= 11 is 0. The van der Waals surface area contributed by atoms with Crippen LogP contribution in [0.5, 0.6) is 0 Å². The quantitative estimate of drug-likeness (QED) is 0.381. The SMILES string of the molecule is [Ga+3].[Ga+3].[LiH].[LiH].[Se-2].[Se-2].[Se-2]. The van der Waals surface area contributed by atoms with Crippen LogP contribution in [0.25, 0.3) is 0 Å². The Labute approximate surface area is 126 Å². The van der Waals surface area contributed by atoms with Crippen LogP contribution in [-0.2, 0) is 0 Å². The normalized spacial score (nSPS) is 0. The van der Waals surface area contributed by atoms with Crippen molar-refractivity contribution in [3.8, 4) is 0 Å². The molecule has 0 aromatic carbocycles. The van der Waals surface area contributed by atoms with Gasteiger partial charge in [0.25, 0.3) is 0 Å². The molecule has 0 radical (unpaired) electrons. The molecule has 0 spiro atoms. The van der Waals surface area contributed by atoms with Crippen LogP contribution in [0.1, 0.15) is 0 Å². The largest absolute Gasteiger partial charge is 2.00 e. The van der Waals surface area contributed by atoms with Crippen molar-refractivity contribution in [1.29, 1.82) is 0 Å². The van der Waals surface area contributed by atoms with E-state index in [4.69, 9.17) is 0 Å². The maximum atomic E-state index is 0. The van der Waals surface area contributed by atoms with Gasteiger partial charge in [0.1, 0.15) is 0 Å². The molecule has 0 aromatic rings. The second kappa shape index (κ2) is 50.4. The monoisotopic (exact) mass is 394 g/mol. The zero-order valence-corrected chi connectivity index (χ0v) is 12.4. The van der Waals surface area contributed by atoms with Crippen LogP contribution in [0.2, 0.25) is 0 Å². The smallest absolute Gasteiger partial charge is 2.00 e. The second-order valence-corrected chi connectivity index (χ2v) is 0. The van der Waals surface area contributed by atoms with Crippen molar-refractivity contribution in [2.75, 3.05) is 0 Å². The van der Waals surface area contributed by atoms with Crippen LogP contribution in [-0.4, -0.2) is 129 Å². The Kier molecular flexibility index (Phi) is 492. The van der Waals surface area contributed by atoms with Crippen molar-refractivity contribution in [2.24, 2.45) is 0 Å². The minimum absolute atomic E-state index is 0. The summed E-state index contributed by atoms with van der Waals surface area (Å²) in [6.07, 6.45) is 0. The van der Waals surface area contributed by atoms with Gasteiger partial charge in [0.15, 0.2) is 0 Å². The molecule has 28 valence electrons. The third-order valence-corrected chi connectivity index (χ3v) is 0. The van der Waals surface area contributed by atoms with Crippen LogP contribution < -0.4 is 0 Å². The van der Waals surface area contributed by atoms with Gasteiger partial charge in [0.2, 0.25) is 0 Å². The first-order valence-electron chi connectivity index (χ1n) is 0. The maximum Gasteiger partial charge on any atom is -2.00 e. The molecule has 0 nitrogen and oxygen atoms in total. The molecule has 0 heterocycles. The predicted molar refractivity (Wildman–Crippen MR) is 43.1 cm³/mol. The summed E-state index contributed by atoms with van der Waals surface area (Å²) in [7, 11) is 0. The summed E-state index contributed by atoms with van der Waals surface area (Å²) in [5.41, 5.74) is 0. The molecule has 0 bridgehead atoms. The molecule has 0 aliphatic carbocycles. The first kappa shape index (κ1) is 68.4. The zero-order valence-electron chi connectivity index (χ0n) is 2.38. The Morgan fingerprint density at radius 1 is 0.429 bits per heavy atom. The van der Waals surface area contributed by atoms with E-state index in [0.29, 0.717) is 0 Å². The van der Waals surface area contributed by atoms with Crippen molar-refractivity contribution < 1.29 is 0 Å². The van der Waals surface area contributed by atoms with Gasteiger partial charge in [0, 0.05) is 0 Å². The topological polar surface area (TPSA) is 0 Å². The van der Waals surface area contributed by atoms with E-state index in [2.05, 4.69) is 0 Å². The van der Waals surface area contributed by atoms with Gasteiger partial charge < -0.3 is 51.2 Å². The number of hydrogen-bond donors (Lipinski definition) is 0. The standard InChI is InChI=1S/2Ga.2Li.3Se.2H/q2*+3;;;3*-2;;. The molecule has 0 aliphatic heterocycles. The van der Waals surface area contributed by atoms with Crippen LogP contribution in [0.4, 0.5) is 0 Å². The van der Waals surface area contributed by atoms with Gasteiger partial charge >= 0.3 is 77.3 Å². The van der Waals surface area contributed by atoms with Crippen LogP contribution in [0.15, 0.2) is 0 Å². The van der Waals surface area contributed by atoms with Crippen molar-refractivity contribution in [1.82, 2.24) is 0 Å². The molecular formula is H2Ga2Li2Se3. The molecule has 0 aliphatic rings. The Morgan fingerprint density at radius 2 is 0.429 bits per heavy atom. The van der Waals surface area contributed by atoms with E-state index in [1.54, 1.807) is 0 Å². The molecule has 0 rings (SSSR count). The summed E-state index contributed by atoms with van der Waals surface area (Å²) in [5, 5.41) is 0. The molecule has 0 amide bonds. The molecule has 0 fully saturated rings. The van der Waals surface area contributed by atoms with Crippen LogP contribution in [0, 0.1) is 0 Å². The Bertz CT molecular complexity index is 10.9. The van der Waals surface area contributed by atoms with Gasteiger partial charge in [-0.05, 0) is 0 Å². The Hall–Kier alpha value is 4.03. The molecule has 0 aromatic heterocycles. The fourth-order valence-corrected chi connectivity index (χ4v) is 0. The molecule has 0 saturated heterocycles. The zero-order chi connectivity index (χ0) is 0. The molecular weight excluding hydrogens is 390 g/mol. The minimum Gasteiger partial charge on any atom is -2.00 e. The fourth-order valence-electron chi connectivity index (χ4n) is 0. The van der Waals surface area contributed by atoms with Crippen molar-refractivity contribution >= 4 is 129 Å². The third kappa shape index (κ3) is 39.8. The van der Waals surface area contributed by atoms with Gasteiger partial charge in [-0.2, -0.15) is 0 Å². The van der Waals surface area contributed by atoms with Crippen molar-refractivity contribution in [3.63, 3.8) is 0 Å².